The van der Waals surface area contributed by atoms with E-state index in [1.807, 2.05) is 24.3 Å². The Labute approximate surface area is 175 Å². The zero-order chi connectivity index (χ0) is 19.7. The molecule has 1 saturated heterocycles. The minimum absolute atomic E-state index is 0.162. The molecule has 0 bridgehead atoms. The van der Waals surface area contributed by atoms with E-state index in [1.54, 1.807) is 0 Å². The van der Waals surface area contributed by atoms with Gasteiger partial charge in [-0.05, 0) is 11.6 Å². The Morgan fingerprint density at radius 2 is 1.29 bits per heavy atom. The van der Waals surface area contributed by atoms with Crippen molar-refractivity contribution in [2.24, 2.45) is 0 Å². The van der Waals surface area contributed by atoms with Crippen molar-refractivity contribution < 1.29 is 33.2 Å². The molecule has 0 saturated carbocycles. The minimum atomic E-state index is -0.162. The number of ether oxygens (including phenoxy) is 7. The molecule has 1 fully saturated rings. The second-order valence-electron chi connectivity index (χ2n) is 6.12. The topological polar surface area (TPSA) is 64.6 Å². The maximum absolute atomic E-state index is 5.87. The van der Waals surface area contributed by atoms with Crippen LogP contribution in [-0.2, 0) is 39.8 Å². The highest BCUT2D eigenvalue weighted by Gasteiger charge is 2.11. The second-order valence-corrected chi connectivity index (χ2v) is 6.98. The highest BCUT2D eigenvalue weighted by Crippen LogP contribution is 2.16. The quantitative estimate of drug-likeness (QED) is 0.680. The van der Waals surface area contributed by atoms with Crippen LogP contribution in [0.25, 0.3) is 0 Å². The first-order valence-electron chi connectivity index (χ1n) is 9.67. The molecule has 7 nitrogen and oxygen atoms in total. The van der Waals surface area contributed by atoms with Crippen molar-refractivity contribution in [3.05, 3.63) is 34.3 Å². The van der Waals surface area contributed by atoms with Gasteiger partial charge >= 0.3 is 0 Å². The predicted octanol–water partition coefficient (Wildman–Crippen LogP) is 2.45. The summed E-state index contributed by atoms with van der Waals surface area (Å²) in [6, 6.07) is 8.00. The van der Waals surface area contributed by atoms with Crippen molar-refractivity contribution in [2.45, 2.75) is 12.7 Å². The third-order valence-electron chi connectivity index (χ3n) is 3.89. The molecule has 2 rings (SSSR count). The van der Waals surface area contributed by atoms with E-state index in [2.05, 4.69) is 15.9 Å². The van der Waals surface area contributed by atoms with E-state index in [0.717, 1.165) is 10.0 Å². The minimum Gasteiger partial charge on any atom is -0.377 e. The molecule has 28 heavy (non-hydrogen) atoms. The molecule has 1 aromatic rings. The van der Waals surface area contributed by atoms with E-state index in [1.165, 1.54) is 0 Å². The normalized spacial score (nSPS) is 22.2. The molecule has 0 spiro atoms. The molecule has 1 aromatic carbocycles. The lowest BCUT2D eigenvalue weighted by Gasteiger charge is -2.19. The summed E-state index contributed by atoms with van der Waals surface area (Å²) in [7, 11) is 0. The highest BCUT2D eigenvalue weighted by atomic mass is 79.9. The van der Waals surface area contributed by atoms with Crippen LogP contribution in [0.1, 0.15) is 5.56 Å². The smallest absolute Gasteiger partial charge is 0.104 e. The molecule has 1 unspecified atom stereocenters. The molecule has 0 aliphatic carbocycles. The number of hydrogen-bond donors (Lipinski definition) is 0. The average Bonchev–Trinajstić information content (AvgIpc) is 2.70. The molecular weight excluding hydrogens is 432 g/mol. The summed E-state index contributed by atoms with van der Waals surface area (Å²) in [5.74, 6) is 0. The van der Waals surface area contributed by atoms with Gasteiger partial charge in [0.15, 0.2) is 0 Å². The van der Waals surface area contributed by atoms with Gasteiger partial charge in [-0.2, -0.15) is 0 Å². The fourth-order valence-electron chi connectivity index (χ4n) is 2.43. The fraction of sp³-hybridized carbons (Fsp3) is 0.700. The SMILES string of the molecule is Brc1ccccc1COCC1COCCOCCOCCOCCOCCO1. The summed E-state index contributed by atoms with van der Waals surface area (Å²) in [5.41, 5.74) is 1.10. The van der Waals surface area contributed by atoms with Crippen LogP contribution in [0.15, 0.2) is 28.7 Å². The third kappa shape index (κ3) is 11.4. The van der Waals surface area contributed by atoms with Crippen molar-refractivity contribution in [1.82, 2.24) is 0 Å². The van der Waals surface area contributed by atoms with E-state index < -0.39 is 0 Å². The molecule has 1 aliphatic rings. The van der Waals surface area contributed by atoms with Gasteiger partial charge in [0.2, 0.25) is 0 Å². The lowest BCUT2D eigenvalue weighted by molar-refractivity contribution is -0.0866. The lowest BCUT2D eigenvalue weighted by atomic mass is 10.2. The van der Waals surface area contributed by atoms with E-state index in [4.69, 9.17) is 33.2 Å². The average molecular weight is 463 g/mol. The second kappa shape index (κ2) is 16.2. The molecule has 1 aliphatic heterocycles. The Hall–Kier alpha value is -0.580. The van der Waals surface area contributed by atoms with Gasteiger partial charge in [0.25, 0.3) is 0 Å². The number of benzene rings is 1. The first kappa shape index (κ1) is 23.7. The van der Waals surface area contributed by atoms with Gasteiger partial charge in [-0.15, -0.1) is 0 Å². The monoisotopic (exact) mass is 462 g/mol. The van der Waals surface area contributed by atoms with Crippen molar-refractivity contribution in [3.8, 4) is 0 Å². The fourth-order valence-corrected chi connectivity index (χ4v) is 2.83. The van der Waals surface area contributed by atoms with Crippen LogP contribution in [0, 0.1) is 0 Å². The van der Waals surface area contributed by atoms with Crippen LogP contribution in [0.2, 0.25) is 0 Å². The molecule has 160 valence electrons. The van der Waals surface area contributed by atoms with E-state index >= 15 is 0 Å². The van der Waals surface area contributed by atoms with Crippen LogP contribution in [0.5, 0.6) is 0 Å². The molecule has 1 heterocycles. The van der Waals surface area contributed by atoms with Crippen molar-refractivity contribution in [1.29, 1.82) is 0 Å². The zero-order valence-corrected chi connectivity index (χ0v) is 17.9. The predicted molar refractivity (Wildman–Crippen MR) is 108 cm³/mol. The third-order valence-corrected chi connectivity index (χ3v) is 4.67. The number of halogens is 1. The molecule has 0 amide bonds. The highest BCUT2D eigenvalue weighted by molar-refractivity contribution is 9.10. The Morgan fingerprint density at radius 3 is 1.89 bits per heavy atom. The van der Waals surface area contributed by atoms with E-state index in [9.17, 15) is 0 Å². The zero-order valence-electron chi connectivity index (χ0n) is 16.3. The molecule has 0 N–H and O–H groups in total. The standard InChI is InChI=1S/C20H31BrO7/c21-20-4-2-1-3-18(20)15-27-17-19-16-26-12-11-24-8-7-22-5-6-23-9-10-25-13-14-28-19/h1-4,19H,5-17H2. The summed E-state index contributed by atoms with van der Waals surface area (Å²) < 4.78 is 40.3. The van der Waals surface area contributed by atoms with Crippen LogP contribution in [0.4, 0.5) is 0 Å². The van der Waals surface area contributed by atoms with Crippen LogP contribution in [0.3, 0.4) is 0 Å². The molecule has 1 atom stereocenters. The summed E-state index contributed by atoms with van der Waals surface area (Å²) in [5, 5.41) is 0. The Bertz CT molecular complexity index is 485. The molecular formula is C20H31BrO7. The summed E-state index contributed by atoms with van der Waals surface area (Å²) in [4.78, 5) is 0. The van der Waals surface area contributed by atoms with Gasteiger partial charge in [-0.3, -0.25) is 0 Å². The van der Waals surface area contributed by atoms with Gasteiger partial charge in [0.05, 0.1) is 85.9 Å². The van der Waals surface area contributed by atoms with Crippen LogP contribution in [-0.4, -0.2) is 85.4 Å². The maximum Gasteiger partial charge on any atom is 0.104 e. The Morgan fingerprint density at radius 1 is 0.750 bits per heavy atom. The van der Waals surface area contributed by atoms with Gasteiger partial charge < -0.3 is 33.2 Å². The molecule has 0 aromatic heterocycles. The van der Waals surface area contributed by atoms with Gasteiger partial charge in [0, 0.05) is 4.47 Å². The van der Waals surface area contributed by atoms with Gasteiger partial charge in [-0.1, -0.05) is 34.1 Å². The van der Waals surface area contributed by atoms with Gasteiger partial charge in [-0.25, -0.2) is 0 Å². The van der Waals surface area contributed by atoms with Crippen molar-refractivity contribution in [3.63, 3.8) is 0 Å². The number of hydrogen-bond acceptors (Lipinski definition) is 7. The van der Waals surface area contributed by atoms with Gasteiger partial charge in [0.1, 0.15) is 6.10 Å². The van der Waals surface area contributed by atoms with E-state index in [-0.39, 0.29) is 6.10 Å². The Kier molecular flexibility index (Phi) is 13.7. The number of rotatable bonds is 4. The largest absolute Gasteiger partial charge is 0.377 e. The van der Waals surface area contributed by atoms with E-state index in [0.29, 0.717) is 85.9 Å². The Balaban J connectivity index is 1.70. The van der Waals surface area contributed by atoms with Crippen LogP contribution < -0.4 is 0 Å². The summed E-state index contributed by atoms with van der Waals surface area (Å²) >= 11 is 3.53. The first-order chi connectivity index (χ1) is 13.9. The summed E-state index contributed by atoms with van der Waals surface area (Å²) in [6.45, 7) is 6.69. The lowest BCUT2D eigenvalue weighted by Crippen LogP contribution is -2.28. The first-order valence-corrected chi connectivity index (χ1v) is 10.5. The maximum atomic E-state index is 5.87. The summed E-state index contributed by atoms with van der Waals surface area (Å²) in [6.07, 6.45) is -0.162. The molecule has 8 heteroatoms. The van der Waals surface area contributed by atoms with Crippen molar-refractivity contribution in [2.75, 3.05) is 79.3 Å². The van der Waals surface area contributed by atoms with Crippen molar-refractivity contribution >= 4 is 15.9 Å². The molecule has 0 radical (unpaired) electrons. The van der Waals surface area contributed by atoms with Crippen LogP contribution >= 0.6 is 15.9 Å².